The molecule has 0 aliphatic rings. The van der Waals surface area contributed by atoms with Crippen molar-refractivity contribution in [2.24, 2.45) is 0 Å². The summed E-state index contributed by atoms with van der Waals surface area (Å²) in [5.41, 5.74) is 3.14. The zero-order chi connectivity index (χ0) is 16.1. The molecule has 3 nitrogen and oxygen atoms in total. The predicted molar refractivity (Wildman–Crippen MR) is 94.2 cm³/mol. The molecule has 0 aromatic heterocycles. The molecule has 23 heavy (non-hydrogen) atoms. The van der Waals surface area contributed by atoms with E-state index in [1.54, 1.807) is 14.2 Å². The van der Waals surface area contributed by atoms with E-state index in [0.29, 0.717) is 0 Å². The lowest BCUT2D eigenvalue weighted by Gasteiger charge is -2.26. The molecule has 3 aromatic carbocycles. The fraction of sp³-hybridized carbons (Fsp3) is 0.100. The maximum Gasteiger partial charge on any atom is 0.120 e. The van der Waals surface area contributed by atoms with E-state index in [-0.39, 0.29) is 0 Å². The molecule has 0 bridgehead atoms. The van der Waals surface area contributed by atoms with Crippen molar-refractivity contribution >= 4 is 17.1 Å². The number of methoxy groups -OCH3 is 2. The zero-order valence-electron chi connectivity index (χ0n) is 13.3. The Hall–Kier alpha value is -2.94. The molecule has 0 aliphatic heterocycles. The van der Waals surface area contributed by atoms with Gasteiger partial charge in [-0.15, -0.1) is 0 Å². The van der Waals surface area contributed by atoms with E-state index < -0.39 is 0 Å². The Labute approximate surface area is 136 Å². The van der Waals surface area contributed by atoms with E-state index >= 15 is 0 Å². The molecule has 0 unspecified atom stereocenters. The molecule has 3 aromatic rings. The third-order valence-electron chi connectivity index (χ3n) is 3.64. The van der Waals surface area contributed by atoms with Crippen LogP contribution in [0.15, 0.2) is 78.9 Å². The first-order valence-corrected chi connectivity index (χ1v) is 7.45. The van der Waals surface area contributed by atoms with Crippen molar-refractivity contribution in [1.82, 2.24) is 0 Å². The predicted octanol–water partition coefficient (Wildman–Crippen LogP) is 5.17. The Balaban J connectivity index is 2.13. The summed E-state index contributed by atoms with van der Waals surface area (Å²) in [5.74, 6) is 1.65. The second kappa shape index (κ2) is 6.88. The van der Waals surface area contributed by atoms with Gasteiger partial charge in [-0.25, -0.2) is 0 Å². The molecule has 0 radical (unpaired) electrons. The molecule has 3 rings (SSSR count). The summed E-state index contributed by atoms with van der Waals surface area (Å²) in [6.07, 6.45) is 0. The number of rotatable bonds is 5. The maximum atomic E-state index is 5.37. The molecular formula is C20H19NO2. The lowest BCUT2D eigenvalue weighted by molar-refractivity contribution is 0.414. The van der Waals surface area contributed by atoms with Crippen LogP contribution >= 0.6 is 0 Å². The van der Waals surface area contributed by atoms with Crippen LogP contribution in [0.2, 0.25) is 0 Å². The SMILES string of the molecule is COc1cccc(N(c2ccccc2)c2cccc(OC)c2)c1. The molecule has 0 spiro atoms. The van der Waals surface area contributed by atoms with Crippen LogP contribution in [0.25, 0.3) is 0 Å². The van der Waals surface area contributed by atoms with E-state index in [9.17, 15) is 0 Å². The molecule has 0 saturated carbocycles. The van der Waals surface area contributed by atoms with Gasteiger partial charge in [0.05, 0.1) is 14.2 Å². The fourth-order valence-corrected chi connectivity index (χ4v) is 2.52. The molecule has 116 valence electrons. The van der Waals surface area contributed by atoms with Gasteiger partial charge in [0, 0.05) is 29.2 Å². The van der Waals surface area contributed by atoms with Crippen molar-refractivity contribution in [2.45, 2.75) is 0 Å². The summed E-state index contributed by atoms with van der Waals surface area (Å²) in [7, 11) is 3.36. The number of nitrogens with zero attached hydrogens (tertiary/aromatic N) is 1. The monoisotopic (exact) mass is 305 g/mol. The highest BCUT2D eigenvalue weighted by Crippen LogP contribution is 2.36. The van der Waals surface area contributed by atoms with Crippen molar-refractivity contribution in [3.8, 4) is 11.5 Å². The average molecular weight is 305 g/mol. The van der Waals surface area contributed by atoms with Crippen LogP contribution in [0.3, 0.4) is 0 Å². The summed E-state index contributed by atoms with van der Waals surface area (Å²) in [5, 5.41) is 0. The first-order chi connectivity index (χ1) is 11.3. The van der Waals surface area contributed by atoms with Crippen molar-refractivity contribution in [3.05, 3.63) is 78.9 Å². The van der Waals surface area contributed by atoms with Gasteiger partial charge in [-0.3, -0.25) is 0 Å². The number of benzene rings is 3. The topological polar surface area (TPSA) is 21.7 Å². The van der Waals surface area contributed by atoms with Crippen LogP contribution in [0.1, 0.15) is 0 Å². The molecule has 0 N–H and O–H groups in total. The molecule has 0 atom stereocenters. The maximum absolute atomic E-state index is 5.37. The largest absolute Gasteiger partial charge is 0.497 e. The van der Waals surface area contributed by atoms with E-state index in [1.165, 1.54) is 0 Å². The minimum atomic E-state index is 0.825. The molecule has 0 amide bonds. The number of para-hydroxylation sites is 1. The number of anilines is 3. The first-order valence-electron chi connectivity index (χ1n) is 7.45. The van der Waals surface area contributed by atoms with Gasteiger partial charge < -0.3 is 14.4 Å². The molecule has 0 heterocycles. The lowest BCUT2D eigenvalue weighted by atomic mass is 10.2. The quantitative estimate of drug-likeness (QED) is 0.649. The number of hydrogen-bond donors (Lipinski definition) is 0. The van der Waals surface area contributed by atoms with Crippen molar-refractivity contribution in [3.63, 3.8) is 0 Å². The summed E-state index contributed by atoms with van der Waals surface area (Å²) >= 11 is 0. The highest BCUT2D eigenvalue weighted by atomic mass is 16.5. The van der Waals surface area contributed by atoms with Crippen LogP contribution in [0.4, 0.5) is 17.1 Å². The summed E-state index contributed by atoms with van der Waals surface area (Å²) in [6, 6.07) is 26.3. The fourth-order valence-electron chi connectivity index (χ4n) is 2.52. The standard InChI is InChI=1S/C20H19NO2/c1-22-19-12-6-10-17(14-19)21(16-8-4-3-5-9-16)18-11-7-13-20(15-18)23-2/h3-15H,1-2H3. The highest BCUT2D eigenvalue weighted by Gasteiger charge is 2.13. The van der Waals surface area contributed by atoms with Crippen molar-refractivity contribution in [1.29, 1.82) is 0 Å². The van der Waals surface area contributed by atoms with E-state index in [4.69, 9.17) is 9.47 Å². The first kappa shape index (κ1) is 15.0. The molecule has 0 aliphatic carbocycles. The van der Waals surface area contributed by atoms with E-state index in [1.807, 2.05) is 54.6 Å². The van der Waals surface area contributed by atoms with E-state index in [2.05, 4.69) is 29.2 Å². The summed E-state index contributed by atoms with van der Waals surface area (Å²) in [6.45, 7) is 0. The summed E-state index contributed by atoms with van der Waals surface area (Å²) < 4.78 is 10.7. The minimum Gasteiger partial charge on any atom is -0.497 e. The highest BCUT2D eigenvalue weighted by molar-refractivity contribution is 5.77. The third-order valence-corrected chi connectivity index (χ3v) is 3.64. The van der Waals surface area contributed by atoms with Crippen LogP contribution in [-0.2, 0) is 0 Å². The van der Waals surface area contributed by atoms with Crippen molar-refractivity contribution < 1.29 is 9.47 Å². The molecule has 0 fully saturated rings. The molecule has 0 saturated heterocycles. The Morgan fingerprint density at radius 2 is 1.04 bits per heavy atom. The Morgan fingerprint density at radius 3 is 1.52 bits per heavy atom. The third kappa shape index (κ3) is 3.29. The van der Waals surface area contributed by atoms with Gasteiger partial charge in [0.1, 0.15) is 11.5 Å². The Bertz CT molecular complexity index is 724. The Kier molecular flexibility index (Phi) is 4.48. The molecular weight excluding hydrogens is 286 g/mol. The lowest BCUT2D eigenvalue weighted by Crippen LogP contribution is -2.10. The second-order valence-corrected chi connectivity index (χ2v) is 5.07. The van der Waals surface area contributed by atoms with Gasteiger partial charge in [-0.1, -0.05) is 30.3 Å². The van der Waals surface area contributed by atoms with Gasteiger partial charge in [-0.05, 0) is 36.4 Å². The van der Waals surface area contributed by atoms with Gasteiger partial charge in [0.15, 0.2) is 0 Å². The average Bonchev–Trinajstić information content (AvgIpc) is 2.63. The second-order valence-electron chi connectivity index (χ2n) is 5.07. The summed E-state index contributed by atoms with van der Waals surface area (Å²) in [4.78, 5) is 2.17. The van der Waals surface area contributed by atoms with Crippen LogP contribution in [0, 0.1) is 0 Å². The zero-order valence-corrected chi connectivity index (χ0v) is 13.3. The normalized spacial score (nSPS) is 10.2. The van der Waals surface area contributed by atoms with Crippen LogP contribution in [0.5, 0.6) is 11.5 Å². The van der Waals surface area contributed by atoms with Crippen molar-refractivity contribution in [2.75, 3.05) is 19.1 Å². The van der Waals surface area contributed by atoms with Crippen LogP contribution in [-0.4, -0.2) is 14.2 Å². The number of ether oxygens (including phenoxy) is 2. The van der Waals surface area contributed by atoms with E-state index in [0.717, 1.165) is 28.6 Å². The number of hydrogen-bond acceptors (Lipinski definition) is 3. The van der Waals surface area contributed by atoms with Gasteiger partial charge in [0.2, 0.25) is 0 Å². The minimum absolute atomic E-state index is 0.825. The molecule has 3 heteroatoms. The smallest absolute Gasteiger partial charge is 0.120 e. The van der Waals surface area contributed by atoms with Crippen LogP contribution < -0.4 is 14.4 Å². The van der Waals surface area contributed by atoms with Gasteiger partial charge in [-0.2, -0.15) is 0 Å². The Morgan fingerprint density at radius 1 is 0.565 bits per heavy atom. The van der Waals surface area contributed by atoms with Gasteiger partial charge in [0.25, 0.3) is 0 Å². The van der Waals surface area contributed by atoms with Gasteiger partial charge >= 0.3 is 0 Å².